The third kappa shape index (κ3) is 3.61. The Morgan fingerprint density at radius 2 is 1.85 bits per heavy atom. The van der Waals surface area contributed by atoms with Crippen LogP contribution in [-0.2, 0) is 12.7 Å². The van der Waals surface area contributed by atoms with E-state index in [1.165, 1.54) is 6.07 Å². The SMILES string of the molecule is BN1CCN(Cc2ccc(C(F)(F)F)cc2C=O)CC1. The minimum atomic E-state index is -4.41. The van der Waals surface area contributed by atoms with Crippen molar-refractivity contribution in [1.29, 1.82) is 0 Å². The van der Waals surface area contributed by atoms with E-state index in [1.54, 1.807) is 0 Å². The number of hydrogen-bond donors (Lipinski definition) is 0. The van der Waals surface area contributed by atoms with Gasteiger partial charge in [-0.15, -0.1) is 0 Å². The van der Waals surface area contributed by atoms with E-state index in [-0.39, 0.29) is 5.56 Å². The Bertz CT molecular complexity index is 485. The Kier molecular flexibility index (Phi) is 4.50. The average Bonchev–Trinajstić information content (AvgIpc) is 2.40. The zero-order valence-electron chi connectivity index (χ0n) is 11.3. The standard InChI is InChI=1S/C13H16BF3N2O/c14-19-5-3-18(4-6-19)8-10-1-2-12(13(15,16)17)7-11(10)9-20/h1-2,7,9H,3-6,8,14H2. The van der Waals surface area contributed by atoms with Crippen molar-refractivity contribution in [3.05, 3.63) is 34.9 Å². The number of alkyl halides is 3. The number of carbonyl (C=O) groups excluding carboxylic acids is 1. The van der Waals surface area contributed by atoms with E-state index >= 15 is 0 Å². The molecule has 108 valence electrons. The lowest BCUT2D eigenvalue weighted by molar-refractivity contribution is -0.137. The lowest BCUT2D eigenvalue weighted by Crippen LogP contribution is -2.44. The van der Waals surface area contributed by atoms with Crippen LogP contribution in [-0.4, -0.2) is 50.2 Å². The fourth-order valence-corrected chi connectivity index (χ4v) is 2.27. The van der Waals surface area contributed by atoms with E-state index in [0.717, 1.165) is 38.3 Å². The third-order valence-electron chi connectivity index (χ3n) is 3.59. The molecule has 0 spiro atoms. The summed E-state index contributed by atoms with van der Waals surface area (Å²) in [6, 6.07) is 3.38. The number of aldehydes is 1. The Hall–Kier alpha value is -1.34. The maximum absolute atomic E-state index is 12.6. The minimum absolute atomic E-state index is 0.124. The molecule has 1 aromatic carbocycles. The molecule has 1 aliphatic rings. The highest BCUT2D eigenvalue weighted by Crippen LogP contribution is 2.30. The number of halogens is 3. The van der Waals surface area contributed by atoms with Crippen LogP contribution in [0.2, 0.25) is 0 Å². The fourth-order valence-electron chi connectivity index (χ4n) is 2.27. The Labute approximate surface area is 116 Å². The van der Waals surface area contributed by atoms with Crippen molar-refractivity contribution >= 4 is 14.3 Å². The predicted molar refractivity (Wildman–Crippen MR) is 72.2 cm³/mol. The van der Waals surface area contributed by atoms with Crippen molar-refractivity contribution in [3.63, 3.8) is 0 Å². The summed E-state index contributed by atoms with van der Waals surface area (Å²) in [5, 5.41) is 0. The summed E-state index contributed by atoms with van der Waals surface area (Å²) in [7, 11) is 2.03. The number of hydrogen-bond acceptors (Lipinski definition) is 3. The molecule has 0 aliphatic carbocycles. The normalized spacial score (nSPS) is 18.1. The van der Waals surface area contributed by atoms with Gasteiger partial charge in [-0.3, -0.25) is 9.69 Å². The van der Waals surface area contributed by atoms with Gasteiger partial charge in [-0.05, 0) is 30.8 Å². The van der Waals surface area contributed by atoms with Gasteiger partial charge in [0.05, 0.1) is 5.56 Å². The molecule has 0 bridgehead atoms. The summed E-state index contributed by atoms with van der Waals surface area (Å²) in [5.74, 6) is 0. The van der Waals surface area contributed by atoms with Gasteiger partial charge in [-0.25, -0.2) is 0 Å². The second-order valence-electron chi connectivity index (χ2n) is 5.11. The smallest absolute Gasteiger partial charge is 0.346 e. The van der Waals surface area contributed by atoms with Crippen LogP contribution in [0.3, 0.4) is 0 Å². The van der Waals surface area contributed by atoms with Gasteiger partial charge in [0.25, 0.3) is 0 Å². The van der Waals surface area contributed by atoms with Gasteiger partial charge in [-0.2, -0.15) is 13.2 Å². The number of piperazine rings is 1. The second-order valence-corrected chi connectivity index (χ2v) is 5.11. The molecule has 20 heavy (non-hydrogen) atoms. The fraction of sp³-hybridized carbons (Fsp3) is 0.462. The van der Waals surface area contributed by atoms with E-state index < -0.39 is 11.7 Å². The summed E-state index contributed by atoms with van der Waals surface area (Å²) in [4.78, 5) is 15.4. The van der Waals surface area contributed by atoms with Crippen molar-refractivity contribution in [2.75, 3.05) is 26.2 Å². The van der Waals surface area contributed by atoms with E-state index in [4.69, 9.17) is 0 Å². The topological polar surface area (TPSA) is 23.6 Å². The monoisotopic (exact) mass is 284 g/mol. The van der Waals surface area contributed by atoms with Gasteiger partial charge in [0.2, 0.25) is 0 Å². The number of nitrogens with zero attached hydrogens (tertiary/aromatic N) is 2. The van der Waals surface area contributed by atoms with E-state index in [9.17, 15) is 18.0 Å². The Morgan fingerprint density at radius 3 is 2.40 bits per heavy atom. The summed E-state index contributed by atoms with van der Waals surface area (Å²) in [6.45, 7) is 4.08. The molecule has 0 radical (unpaired) electrons. The predicted octanol–water partition coefficient (Wildman–Crippen LogP) is 1.18. The molecule has 3 nitrogen and oxygen atoms in total. The van der Waals surface area contributed by atoms with Crippen molar-refractivity contribution in [2.45, 2.75) is 12.7 Å². The van der Waals surface area contributed by atoms with Crippen molar-refractivity contribution in [1.82, 2.24) is 9.71 Å². The number of rotatable bonds is 3. The molecule has 1 aromatic rings. The molecule has 0 aromatic heterocycles. The van der Waals surface area contributed by atoms with E-state index in [0.29, 0.717) is 18.4 Å². The maximum Gasteiger partial charge on any atom is 0.416 e. The van der Waals surface area contributed by atoms with Crippen LogP contribution in [0, 0.1) is 0 Å². The first-order valence-electron chi connectivity index (χ1n) is 6.46. The number of carbonyl (C=O) groups is 1. The van der Waals surface area contributed by atoms with Crippen molar-refractivity contribution < 1.29 is 18.0 Å². The van der Waals surface area contributed by atoms with E-state index in [2.05, 4.69) is 9.71 Å². The van der Waals surface area contributed by atoms with E-state index in [1.807, 2.05) is 7.98 Å². The molecule has 1 saturated heterocycles. The zero-order chi connectivity index (χ0) is 14.8. The van der Waals surface area contributed by atoms with Gasteiger partial charge in [-0.1, -0.05) is 6.07 Å². The highest BCUT2D eigenvalue weighted by atomic mass is 19.4. The summed E-state index contributed by atoms with van der Waals surface area (Å²) in [5.41, 5.74) is -0.00182. The van der Waals surface area contributed by atoms with Crippen LogP contribution in [0.25, 0.3) is 0 Å². The first-order valence-corrected chi connectivity index (χ1v) is 6.46. The highest BCUT2D eigenvalue weighted by Gasteiger charge is 2.31. The molecule has 7 heteroatoms. The first kappa shape index (κ1) is 15.1. The van der Waals surface area contributed by atoms with Crippen LogP contribution < -0.4 is 0 Å². The third-order valence-corrected chi connectivity index (χ3v) is 3.59. The van der Waals surface area contributed by atoms with Gasteiger partial charge in [0.1, 0.15) is 6.29 Å². The molecule has 0 N–H and O–H groups in total. The van der Waals surface area contributed by atoms with Gasteiger partial charge in [0.15, 0.2) is 7.98 Å². The van der Waals surface area contributed by atoms with Gasteiger partial charge < -0.3 is 4.81 Å². The molecule has 0 amide bonds. The zero-order valence-corrected chi connectivity index (χ0v) is 11.3. The van der Waals surface area contributed by atoms with Crippen LogP contribution in [0.5, 0.6) is 0 Å². The lowest BCUT2D eigenvalue weighted by atomic mass is 10.0. The quantitative estimate of drug-likeness (QED) is 0.615. The van der Waals surface area contributed by atoms with Gasteiger partial charge in [0, 0.05) is 25.2 Å². The Balaban J connectivity index is 2.14. The van der Waals surface area contributed by atoms with Crippen LogP contribution in [0.4, 0.5) is 13.2 Å². The van der Waals surface area contributed by atoms with Crippen LogP contribution >= 0.6 is 0 Å². The van der Waals surface area contributed by atoms with Crippen molar-refractivity contribution in [2.24, 2.45) is 0 Å². The molecular weight excluding hydrogens is 268 g/mol. The number of benzene rings is 1. The average molecular weight is 284 g/mol. The molecular formula is C13H16BF3N2O. The van der Waals surface area contributed by atoms with Gasteiger partial charge >= 0.3 is 6.18 Å². The molecule has 2 rings (SSSR count). The molecule has 0 unspecified atom stereocenters. The first-order chi connectivity index (χ1) is 9.40. The summed E-state index contributed by atoms with van der Waals surface area (Å²) in [6.07, 6.45) is -3.91. The summed E-state index contributed by atoms with van der Waals surface area (Å²) < 4.78 is 37.8. The Morgan fingerprint density at radius 1 is 1.20 bits per heavy atom. The van der Waals surface area contributed by atoms with Crippen molar-refractivity contribution in [3.8, 4) is 0 Å². The lowest BCUT2D eigenvalue weighted by Gasteiger charge is -2.33. The molecule has 1 fully saturated rings. The highest BCUT2D eigenvalue weighted by molar-refractivity contribution is 6.04. The van der Waals surface area contributed by atoms with Crippen LogP contribution in [0.15, 0.2) is 18.2 Å². The molecule has 1 heterocycles. The minimum Gasteiger partial charge on any atom is -0.346 e. The second kappa shape index (κ2) is 5.97. The maximum atomic E-state index is 12.6. The molecule has 0 atom stereocenters. The summed E-state index contributed by atoms with van der Waals surface area (Å²) >= 11 is 0. The largest absolute Gasteiger partial charge is 0.416 e. The molecule has 1 aliphatic heterocycles. The van der Waals surface area contributed by atoms with Crippen LogP contribution in [0.1, 0.15) is 21.5 Å². The molecule has 0 saturated carbocycles.